The van der Waals surface area contributed by atoms with Gasteiger partial charge < -0.3 is 0 Å². The zero-order valence-electron chi connectivity index (χ0n) is 8.03. The van der Waals surface area contributed by atoms with Gasteiger partial charge >= 0.3 is 40.0 Å². The third-order valence-corrected chi connectivity index (χ3v) is 2.19. The van der Waals surface area contributed by atoms with Gasteiger partial charge in [-0.15, -0.1) is 0 Å². The van der Waals surface area contributed by atoms with Crippen LogP contribution in [0.3, 0.4) is 0 Å². The van der Waals surface area contributed by atoms with Crippen LogP contribution in [0.15, 0.2) is 0 Å². The molecule has 6 heteroatoms. The summed E-state index contributed by atoms with van der Waals surface area (Å²) in [6.07, 6.45) is 6.34. The van der Waals surface area contributed by atoms with E-state index in [2.05, 4.69) is 11.1 Å². The molecule has 0 radical (unpaired) electrons. The Morgan fingerprint density at radius 1 is 1.07 bits per heavy atom. The van der Waals surface area contributed by atoms with Gasteiger partial charge in [0.05, 0.1) is 6.61 Å². The fourth-order valence-corrected chi connectivity index (χ4v) is 1.38. The van der Waals surface area contributed by atoms with Crippen LogP contribution in [-0.4, -0.2) is 49.1 Å². The minimum absolute atomic E-state index is 0. The Kier molecular flexibility index (Phi) is 12.8. The summed E-state index contributed by atoms with van der Waals surface area (Å²) in [5.74, 6) is 0. The van der Waals surface area contributed by atoms with Gasteiger partial charge in [0, 0.05) is 0 Å². The van der Waals surface area contributed by atoms with E-state index in [-0.39, 0.29) is 36.2 Å². The standard InChI is InChI=1S/C8H18O4S.Na.H/c1-2-3-4-5-6-7-8-12-13(9,10)11;;/h2-8H2,1H3,(H,9,10,11);;. The van der Waals surface area contributed by atoms with E-state index in [1.807, 2.05) is 0 Å². The number of unbranched alkanes of at least 4 members (excludes halogenated alkanes) is 5. The van der Waals surface area contributed by atoms with Gasteiger partial charge in [-0.25, -0.2) is 4.18 Å². The van der Waals surface area contributed by atoms with E-state index in [0.29, 0.717) is 6.42 Å². The Balaban J connectivity index is 0. The first-order valence-corrected chi connectivity index (χ1v) is 6.04. The van der Waals surface area contributed by atoms with Gasteiger partial charge in [-0.1, -0.05) is 39.0 Å². The van der Waals surface area contributed by atoms with Crippen LogP contribution in [0.1, 0.15) is 45.4 Å². The van der Waals surface area contributed by atoms with Gasteiger partial charge in [-0.2, -0.15) is 8.42 Å². The van der Waals surface area contributed by atoms with E-state index < -0.39 is 10.4 Å². The Morgan fingerprint density at radius 3 is 2.07 bits per heavy atom. The van der Waals surface area contributed by atoms with Crippen LogP contribution in [0.25, 0.3) is 0 Å². The number of hydrogen-bond donors (Lipinski definition) is 1. The first-order chi connectivity index (χ1) is 6.06. The van der Waals surface area contributed by atoms with Crippen molar-refractivity contribution in [3.05, 3.63) is 0 Å². The molecule has 14 heavy (non-hydrogen) atoms. The van der Waals surface area contributed by atoms with E-state index in [1.54, 1.807) is 0 Å². The molecule has 0 amide bonds. The van der Waals surface area contributed by atoms with Crippen LogP contribution in [-0.2, 0) is 14.6 Å². The second-order valence-electron chi connectivity index (χ2n) is 3.02. The predicted molar refractivity (Wildman–Crippen MR) is 58.0 cm³/mol. The summed E-state index contributed by atoms with van der Waals surface area (Å²) in [6, 6.07) is 0. The molecule has 0 aromatic carbocycles. The van der Waals surface area contributed by atoms with E-state index in [4.69, 9.17) is 4.55 Å². The molecule has 0 saturated carbocycles. The van der Waals surface area contributed by atoms with Gasteiger partial charge in [0.2, 0.25) is 0 Å². The molecule has 0 aliphatic heterocycles. The van der Waals surface area contributed by atoms with Crippen molar-refractivity contribution in [1.82, 2.24) is 0 Å². The molecule has 0 aromatic heterocycles. The fraction of sp³-hybridized carbons (Fsp3) is 1.00. The summed E-state index contributed by atoms with van der Waals surface area (Å²) in [4.78, 5) is 0. The van der Waals surface area contributed by atoms with Crippen molar-refractivity contribution in [3.8, 4) is 0 Å². The summed E-state index contributed by atoms with van der Waals surface area (Å²) in [7, 11) is -4.22. The summed E-state index contributed by atoms with van der Waals surface area (Å²) < 4.78 is 32.6. The fourth-order valence-electron chi connectivity index (χ4n) is 1.05. The minimum atomic E-state index is -4.22. The predicted octanol–water partition coefficient (Wildman–Crippen LogP) is 1.52. The average molecular weight is 234 g/mol. The maximum atomic E-state index is 10.1. The second-order valence-corrected chi connectivity index (χ2v) is 4.11. The van der Waals surface area contributed by atoms with Crippen molar-refractivity contribution in [3.63, 3.8) is 0 Å². The van der Waals surface area contributed by atoms with Crippen molar-refractivity contribution in [2.45, 2.75) is 45.4 Å². The van der Waals surface area contributed by atoms with E-state index in [9.17, 15) is 8.42 Å². The second kappa shape index (κ2) is 10.4. The SMILES string of the molecule is CCCCCCCCOS(=O)(=O)O.[NaH]. The average Bonchev–Trinajstić information content (AvgIpc) is 2.01. The van der Waals surface area contributed by atoms with E-state index in [1.165, 1.54) is 19.3 Å². The van der Waals surface area contributed by atoms with E-state index in [0.717, 1.165) is 12.8 Å². The van der Waals surface area contributed by atoms with Crippen molar-refractivity contribution < 1.29 is 17.2 Å². The van der Waals surface area contributed by atoms with E-state index >= 15 is 0 Å². The van der Waals surface area contributed by atoms with Crippen molar-refractivity contribution in [2.75, 3.05) is 6.61 Å². The normalized spacial score (nSPS) is 11.0. The molecule has 0 unspecified atom stereocenters. The monoisotopic (exact) mass is 234 g/mol. The quantitative estimate of drug-likeness (QED) is 0.393. The van der Waals surface area contributed by atoms with Crippen LogP contribution in [0.4, 0.5) is 0 Å². The maximum absolute atomic E-state index is 10.1. The molecule has 0 atom stereocenters. The van der Waals surface area contributed by atoms with Crippen LogP contribution in [0, 0.1) is 0 Å². The molecule has 0 aliphatic carbocycles. The summed E-state index contributed by atoms with van der Waals surface area (Å²) in [6.45, 7) is 2.23. The molecule has 0 spiro atoms. The molecule has 82 valence electrons. The van der Waals surface area contributed by atoms with Crippen LogP contribution in [0.5, 0.6) is 0 Å². The zero-order chi connectivity index (χ0) is 10.2. The number of hydrogen-bond acceptors (Lipinski definition) is 3. The molecular formula is C8H19NaO4S. The molecule has 1 N–H and O–H groups in total. The van der Waals surface area contributed by atoms with Crippen molar-refractivity contribution in [1.29, 1.82) is 0 Å². The summed E-state index contributed by atoms with van der Waals surface area (Å²) in [5.41, 5.74) is 0. The third-order valence-electron chi connectivity index (χ3n) is 1.73. The summed E-state index contributed by atoms with van der Waals surface area (Å²) >= 11 is 0. The van der Waals surface area contributed by atoms with Gasteiger partial charge in [-0.05, 0) is 6.42 Å². The Hall–Kier alpha value is 0.870. The topological polar surface area (TPSA) is 63.6 Å². The van der Waals surface area contributed by atoms with Crippen molar-refractivity contribution >= 4 is 40.0 Å². The molecule has 0 aromatic rings. The first-order valence-electron chi connectivity index (χ1n) is 4.68. The first kappa shape index (κ1) is 17.3. The van der Waals surface area contributed by atoms with Crippen LogP contribution < -0.4 is 0 Å². The Morgan fingerprint density at radius 2 is 1.57 bits per heavy atom. The molecule has 0 bridgehead atoms. The Labute approximate surface area is 109 Å². The van der Waals surface area contributed by atoms with Gasteiger partial charge in [0.15, 0.2) is 0 Å². The molecular weight excluding hydrogens is 215 g/mol. The van der Waals surface area contributed by atoms with Gasteiger partial charge in [0.25, 0.3) is 0 Å². The molecule has 4 nitrogen and oxygen atoms in total. The van der Waals surface area contributed by atoms with Crippen molar-refractivity contribution in [2.24, 2.45) is 0 Å². The molecule has 0 aliphatic rings. The van der Waals surface area contributed by atoms with Crippen LogP contribution >= 0.6 is 0 Å². The number of rotatable bonds is 8. The van der Waals surface area contributed by atoms with Gasteiger partial charge in [0.1, 0.15) is 0 Å². The Bertz CT molecular complexity index is 203. The zero-order valence-corrected chi connectivity index (χ0v) is 8.85. The molecule has 0 fully saturated rings. The third kappa shape index (κ3) is 15.3. The molecule has 0 rings (SSSR count). The van der Waals surface area contributed by atoms with Crippen LogP contribution in [0.2, 0.25) is 0 Å². The summed E-state index contributed by atoms with van der Waals surface area (Å²) in [5, 5.41) is 0. The van der Waals surface area contributed by atoms with Gasteiger partial charge in [-0.3, -0.25) is 4.55 Å². The molecule has 0 saturated heterocycles. The molecule has 0 heterocycles.